The Morgan fingerprint density at radius 1 is 0.255 bits per heavy atom. The van der Waals surface area contributed by atoms with Crippen LogP contribution in [0.1, 0.15) is 132 Å². The van der Waals surface area contributed by atoms with Gasteiger partial charge in [-0.1, -0.05) is 27.2 Å². The van der Waals surface area contributed by atoms with E-state index in [1.807, 2.05) is 20.8 Å². The summed E-state index contributed by atoms with van der Waals surface area (Å²) in [5.74, 6) is -18.8. The number of amides is 1. The van der Waals surface area contributed by atoms with Crippen LogP contribution < -0.4 is 43.7 Å². The number of benzene rings is 7. The van der Waals surface area contributed by atoms with Crippen molar-refractivity contribution in [2.45, 2.75) is 59.8 Å². The van der Waals surface area contributed by atoms with Crippen molar-refractivity contribution in [1.82, 2.24) is 0 Å². The normalized spacial score (nSPS) is 10.6. The van der Waals surface area contributed by atoms with Crippen molar-refractivity contribution in [2.24, 2.45) is 5.73 Å². The molecule has 24 N–H and O–H groups in total. The van der Waals surface area contributed by atoms with Crippen molar-refractivity contribution < 1.29 is 165 Å². The average Bonchev–Trinajstić information content (AvgIpc) is 1.72. The van der Waals surface area contributed by atoms with E-state index in [0.717, 1.165) is 62.1 Å². The molecule has 0 atom stereocenters. The van der Waals surface area contributed by atoms with Gasteiger partial charge in [0.15, 0.2) is 127 Å². The Balaban J connectivity index is 0.000000207. The van der Waals surface area contributed by atoms with Gasteiger partial charge in [-0.15, -0.1) is 0 Å². The zero-order valence-corrected chi connectivity index (χ0v) is 85.8. The van der Waals surface area contributed by atoms with E-state index in [-0.39, 0.29) is 178 Å². The van der Waals surface area contributed by atoms with Crippen LogP contribution in [-0.4, -0.2) is 181 Å². The molecule has 0 radical (unpaired) electrons. The number of methoxy groups -OCH3 is 1. The number of esters is 4. The van der Waals surface area contributed by atoms with Crippen LogP contribution in [0.3, 0.4) is 0 Å². The number of carbonyl (C=O) groups excluding carboxylic acids is 6. The topological polar surface area (TPSA) is 747 Å². The zero-order chi connectivity index (χ0) is 109. The standard InChI is InChI=1S/C16H15BrO6.C15H13BrO6.C15H13BrO5.C14H11BrO6.C13H9BrO6.C12H8BrNO5.C12H7BrO6/c1-2-3-4-23-16(22)9-5-8-6-10(17)13(19)15(21)12(8)14(20)11(18)7-9;1-2-3-22-15(21)8-4-7-5-9(16)12(18)14(20)11(7)13(19)10(17)6-8;1-2-3-10(17)7-4-8-5-9(16)13(19)15(21)12(8)14(20)11(18)6-7;1-2-21-14(20)7-3-6-4-8(15)11(17)13(19)10(6)12(18)9(16)5-7;1-20-13(19)6-2-5-3-7(14)10(16)12(18)9(5)11(17)8(15)4-6;13-6-2-4-1-5(12(14)19)3-7(15)10(17)8(4)11(18)9(6)16;13-6-2-4-1-5(12(18)19)3-7(14)10(16)8(4)11(17)9(6)15/h5-7,19,21H,2-4H2,1H3,(H,18,20);4-6,18,20H,2-3H2,1H3,(H,17,19);4-6,19,21H,2-3H2,1H3,(H,18,20);3-5,17,19H,2H2,1H3,(H,16,18);2-4,16,18H,1H3,(H,15,17);1-3,16,18H,(H2,14,19)(H,15,17);1-3,15,17H,(H,14,16)(H,18,19). The van der Waals surface area contributed by atoms with Gasteiger partial charge in [0.1, 0.15) is 0 Å². The minimum atomic E-state index is -1.34. The number of ether oxygens (including phenoxy) is 4. The van der Waals surface area contributed by atoms with Gasteiger partial charge < -0.3 is 137 Å². The molecular weight excluding hydrogens is 2380 g/mol. The Morgan fingerprint density at radius 3 is 0.683 bits per heavy atom. The zero-order valence-electron chi connectivity index (χ0n) is 74.7. The highest BCUT2D eigenvalue weighted by Gasteiger charge is 2.27. The Bertz CT molecular complexity index is 7970. The molecule has 0 heterocycles. The lowest BCUT2D eigenvalue weighted by atomic mass is 10.1. The number of halogens is 7. The van der Waals surface area contributed by atoms with E-state index in [4.69, 9.17) is 25.1 Å². The molecule has 0 saturated carbocycles. The number of rotatable bonds is 15. The third kappa shape index (κ3) is 25.8. The fraction of sp³-hybridized carbons (Fsp3) is 0.134. The van der Waals surface area contributed by atoms with Gasteiger partial charge in [0.2, 0.25) is 43.9 Å². The third-order valence-corrected chi connectivity index (χ3v) is 24.4. The predicted molar refractivity (Wildman–Crippen MR) is 548 cm³/mol. The van der Waals surface area contributed by atoms with Crippen LogP contribution in [0.2, 0.25) is 0 Å². The number of ketones is 1. The van der Waals surface area contributed by atoms with Gasteiger partial charge in [0, 0.05) is 17.5 Å². The van der Waals surface area contributed by atoms with E-state index in [1.165, 1.54) is 78.9 Å². The van der Waals surface area contributed by atoms with Crippen molar-refractivity contribution in [3.63, 3.8) is 0 Å². The summed E-state index contributed by atoms with van der Waals surface area (Å²) in [6.45, 7) is 7.82. The lowest BCUT2D eigenvalue weighted by molar-refractivity contribution is 0.0492. The molecule has 0 aliphatic heterocycles. The first-order valence-electron chi connectivity index (χ1n) is 41.0. The molecule has 0 unspecified atom stereocenters. The second-order valence-corrected chi connectivity index (χ2v) is 36.0. The van der Waals surface area contributed by atoms with E-state index in [1.54, 1.807) is 6.92 Å². The molecular formula is C97H76Br7NO40. The molecule has 758 valence electrons. The number of phenolic OH excluding ortho intramolecular Hbond substituents is 14. The third-order valence-electron chi connectivity index (χ3n) is 20.2. The summed E-state index contributed by atoms with van der Waals surface area (Å²) in [7, 11) is 1.16. The van der Waals surface area contributed by atoms with Crippen LogP contribution >= 0.6 is 112 Å². The van der Waals surface area contributed by atoms with Crippen LogP contribution in [0, 0.1) is 0 Å². The maximum atomic E-state index is 12.2. The Morgan fingerprint density at radius 2 is 0.462 bits per heavy atom. The van der Waals surface area contributed by atoms with Crippen LogP contribution in [0.5, 0.6) is 121 Å². The molecule has 0 aliphatic carbocycles. The molecule has 48 heteroatoms. The van der Waals surface area contributed by atoms with Gasteiger partial charge in [-0.2, -0.15) is 0 Å². The fourth-order valence-corrected chi connectivity index (χ4v) is 16.1. The predicted octanol–water partition coefficient (Wildman–Crippen LogP) is 15.8. The number of phenols is 14. The number of fused-ring (bicyclic) bond motifs is 7. The van der Waals surface area contributed by atoms with Crippen LogP contribution in [-0.2, 0) is 18.9 Å². The minimum Gasteiger partial charge on any atom is -0.504 e. The summed E-state index contributed by atoms with van der Waals surface area (Å²) in [6, 6.07) is 25.1. The van der Waals surface area contributed by atoms with E-state index in [0.29, 0.717) is 19.3 Å². The molecule has 1 amide bonds. The largest absolute Gasteiger partial charge is 0.504 e. The van der Waals surface area contributed by atoms with Crippen molar-refractivity contribution in [1.29, 1.82) is 0 Å². The number of primary amides is 1. The first-order valence-corrected chi connectivity index (χ1v) is 46.6. The minimum absolute atomic E-state index is 0.0253. The first kappa shape index (κ1) is 115. The first-order chi connectivity index (χ1) is 68.0. The molecule has 41 nitrogen and oxygen atoms in total. The molecule has 0 saturated heterocycles. The van der Waals surface area contributed by atoms with Gasteiger partial charge in [-0.05, 0) is 303 Å². The summed E-state index contributed by atoms with van der Waals surface area (Å²) >= 11 is 21.1. The molecule has 0 aromatic heterocycles. The maximum absolute atomic E-state index is 12.2. The van der Waals surface area contributed by atoms with Crippen LogP contribution in [0.25, 0.3) is 75.4 Å². The number of carbonyl (C=O) groups is 7. The quantitative estimate of drug-likeness (QED) is 0.0149. The number of hydrogen-bond acceptors (Lipinski definition) is 39. The summed E-state index contributed by atoms with van der Waals surface area (Å²) in [5.41, 5.74) is -1.62. The molecule has 0 bridgehead atoms. The second kappa shape index (κ2) is 48.8. The van der Waals surface area contributed by atoms with E-state index < -0.39 is 194 Å². The van der Waals surface area contributed by atoms with Gasteiger partial charge in [0.25, 0.3) is 0 Å². The molecule has 0 fully saturated rings. The van der Waals surface area contributed by atoms with Gasteiger partial charge in [-0.3, -0.25) is 43.2 Å². The lowest BCUT2D eigenvalue weighted by Gasteiger charge is -2.04. The summed E-state index contributed by atoms with van der Waals surface area (Å²) in [4.78, 5) is 166. The summed E-state index contributed by atoms with van der Waals surface area (Å²) in [6.07, 6.45) is 3.10. The highest BCUT2D eigenvalue weighted by Crippen LogP contribution is 2.47. The SMILES string of the molecule is CCCC(=O)c1cc(O)c(=O)c2c(O)c(O)c(Br)cc2c1.CCCCOC(=O)c1cc(O)c(=O)c2c(O)c(O)c(Br)cc2c1.CCCOC(=O)c1cc(O)c(=O)c2c(O)c(O)c(Br)cc2c1.CCOC(=O)c1cc(O)c(=O)c2c(O)c(O)c(Br)cc2c1.COC(=O)c1cc(O)c(=O)c2c(O)c(O)c(Br)cc2c1.NC(=O)c1cc(O)c(=O)c2c(O)c(O)c(Br)cc2c1.O=C(O)c1cc(O)c(=O)c2c(O)c(O)c(Br)cc2c1. The number of aromatic carboxylic acids is 1. The Labute approximate surface area is 869 Å². The molecule has 14 aromatic carbocycles. The summed E-state index contributed by atoms with van der Waals surface area (Å²) < 4.78 is 20.4. The number of carboxylic acids is 1. The van der Waals surface area contributed by atoms with E-state index in [9.17, 15) is 174 Å². The monoisotopic (exact) mass is 2450 g/mol. The summed E-state index contributed by atoms with van der Waals surface area (Å²) in [5, 5.41) is 212. The van der Waals surface area contributed by atoms with Crippen molar-refractivity contribution in [2.75, 3.05) is 26.9 Å². The highest BCUT2D eigenvalue weighted by atomic mass is 79.9. The second-order valence-electron chi connectivity index (χ2n) is 30.0. The number of hydrogen-bond donors (Lipinski definition) is 23. The number of unbranched alkanes of at least 4 members (excludes halogenated alkanes) is 1. The van der Waals surface area contributed by atoms with Gasteiger partial charge in [0.05, 0.1) is 124 Å². The molecule has 145 heavy (non-hydrogen) atoms. The molecule has 14 rings (SSSR count). The molecule has 0 spiro atoms. The van der Waals surface area contributed by atoms with E-state index in [2.05, 4.69) is 116 Å². The number of carboxylic acid groups (broad SMARTS) is 1. The number of nitrogens with two attached hydrogens (primary N) is 1. The van der Waals surface area contributed by atoms with Gasteiger partial charge in [-0.25, -0.2) is 24.0 Å². The van der Waals surface area contributed by atoms with Crippen LogP contribution in [0.4, 0.5) is 0 Å². The van der Waals surface area contributed by atoms with Crippen molar-refractivity contribution >= 4 is 228 Å². The Hall–Kier alpha value is -15.8. The van der Waals surface area contributed by atoms with Crippen molar-refractivity contribution in [3.8, 4) is 121 Å². The highest BCUT2D eigenvalue weighted by molar-refractivity contribution is 9.11. The smallest absolute Gasteiger partial charge is 0.338 e. The van der Waals surface area contributed by atoms with Crippen LogP contribution in [0.15, 0.2) is 192 Å². The fourth-order valence-electron chi connectivity index (χ4n) is 13.1. The number of Topliss-reactive ketones (excluding diaryl/α,β-unsaturated/α-hetero) is 1. The van der Waals surface area contributed by atoms with Gasteiger partial charge >= 0.3 is 29.8 Å². The molecule has 14 aromatic rings. The Kier molecular flexibility index (Phi) is 38.5. The maximum Gasteiger partial charge on any atom is 0.338 e. The number of aromatic hydroxyl groups is 21. The lowest BCUT2D eigenvalue weighted by Crippen LogP contribution is -2.09. The van der Waals surface area contributed by atoms with Crippen molar-refractivity contribution in [3.05, 3.63) is 269 Å². The molecule has 0 aliphatic rings. The van der Waals surface area contributed by atoms with E-state index >= 15 is 0 Å². The average molecular weight is 2450 g/mol.